The highest BCUT2D eigenvalue weighted by atomic mass is 32.2. The maximum atomic E-state index is 10.7. The topological polar surface area (TPSA) is 29.1 Å². The standard InChI is InChI=1S/C6H13NOS2/c1-6(2,9)7-4-5(8)10-3/h7,9H,4H2,1-3H3. The Bertz CT molecular complexity index is 119. The molecular weight excluding hydrogens is 166 g/mol. The second-order valence-corrected chi connectivity index (χ2v) is 4.47. The lowest BCUT2D eigenvalue weighted by molar-refractivity contribution is -0.110. The number of rotatable bonds is 3. The maximum absolute atomic E-state index is 10.7. The Balaban J connectivity index is 3.46. The molecule has 0 saturated heterocycles. The molecule has 0 bridgehead atoms. The van der Waals surface area contributed by atoms with Gasteiger partial charge in [-0.2, -0.15) is 12.6 Å². The Morgan fingerprint density at radius 3 is 2.50 bits per heavy atom. The molecule has 0 aliphatic heterocycles. The minimum Gasteiger partial charge on any atom is -0.296 e. The van der Waals surface area contributed by atoms with E-state index in [1.807, 2.05) is 13.8 Å². The summed E-state index contributed by atoms with van der Waals surface area (Å²) in [5.74, 6) is 0. The fourth-order valence-corrected chi connectivity index (χ4v) is 0.656. The molecule has 0 radical (unpaired) electrons. The van der Waals surface area contributed by atoms with Crippen molar-refractivity contribution in [1.29, 1.82) is 0 Å². The third kappa shape index (κ3) is 6.45. The maximum Gasteiger partial charge on any atom is 0.202 e. The number of carbonyl (C=O) groups excluding carboxylic acids is 1. The van der Waals surface area contributed by atoms with Gasteiger partial charge in [0.05, 0.1) is 11.4 Å². The number of nitrogens with one attached hydrogen (secondary N) is 1. The first-order valence-electron chi connectivity index (χ1n) is 3.00. The van der Waals surface area contributed by atoms with Crippen LogP contribution < -0.4 is 5.32 Å². The van der Waals surface area contributed by atoms with E-state index in [1.165, 1.54) is 11.8 Å². The highest BCUT2D eigenvalue weighted by Crippen LogP contribution is 2.06. The van der Waals surface area contributed by atoms with Gasteiger partial charge in [-0.15, -0.1) is 0 Å². The second-order valence-electron chi connectivity index (χ2n) is 2.49. The smallest absolute Gasteiger partial charge is 0.202 e. The summed E-state index contributed by atoms with van der Waals surface area (Å²) in [6.45, 7) is 4.20. The molecule has 0 aromatic heterocycles. The first-order chi connectivity index (χ1) is 4.45. The average Bonchev–Trinajstić information content (AvgIpc) is 1.81. The van der Waals surface area contributed by atoms with Gasteiger partial charge in [0.25, 0.3) is 0 Å². The first kappa shape index (κ1) is 10.3. The molecule has 0 aliphatic carbocycles. The van der Waals surface area contributed by atoms with E-state index in [0.717, 1.165) is 0 Å². The molecule has 4 heteroatoms. The van der Waals surface area contributed by atoms with Crippen LogP contribution in [0, 0.1) is 0 Å². The second kappa shape index (κ2) is 4.26. The van der Waals surface area contributed by atoms with Crippen molar-refractivity contribution < 1.29 is 4.79 Å². The molecule has 0 unspecified atom stereocenters. The van der Waals surface area contributed by atoms with Crippen LogP contribution >= 0.6 is 24.4 Å². The van der Waals surface area contributed by atoms with E-state index in [0.29, 0.717) is 6.54 Å². The molecule has 0 rings (SSSR count). The Morgan fingerprint density at radius 2 is 2.20 bits per heavy atom. The van der Waals surface area contributed by atoms with Gasteiger partial charge in [-0.25, -0.2) is 0 Å². The van der Waals surface area contributed by atoms with E-state index in [-0.39, 0.29) is 9.99 Å². The number of hydrogen-bond donors (Lipinski definition) is 2. The van der Waals surface area contributed by atoms with Crippen LogP contribution in [0.2, 0.25) is 0 Å². The van der Waals surface area contributed by atoms with E-state index < -0.39 is 0 Å². The van der Waals surface area contributed by atoms with Gasteiger partial charge in [0.2, 0.25) is 5.12 Å². The van der Waals surface area contributed by atoms with Gasteiger partial charge in [-0.3, -0.25) is 10.1 Å². The van der Waals surface area contributed by atoms with Crippen LogP contribution in [0.1, 0.15) is 13.8 Å². The molecule has 2 nitrogen and oxygen atoms in total. The molecule has 60 valence electrons. The van der Waals surface area contributed by atoms with Gasteiger partial charge >= 0.3 is 0 Å². The molecule has 0 aromatic carbocycles. The first-order valence-corrected chi connectivity index (χ1v) is 4.67. The highest BCUT2D eigenvalue weighted by molar-refractivity contribution is 8.13. The summed E-state index contributed by atoms with van der Waals surface area (Å²) in [5, 5.41) is 3.11. The number of hydrogen-bond acceptors (Lipinski definition) is 4. The van der Waals surface area contributed by atoms with Gasteiger partial charge in [-0.05, 0) is 20.1 Å². The third-order valence-electron chi connectivity index (χ3n) is 0.893. The van der Waals surface area contributed by atoms with Crippen molar-refractivity contribution in [3.8, 4) is 0 Å². The summed E-state index contributed by atoms with van der Waals surface area (Å²) in [7, 11) is 0. The number of thiol groups is 1. The molecule has 0 aliphatic rings. The van der Waals surface area contributed by atoms with Crippen LogP contribution in [0.4, 0.5) is 0 Å². The van der Waals surface area contributed by atoms with Crippen LogP contribution in [-0.2, 0) is 4.79 Å². The fourth-order valence-electron chi connectivity index (χ4n) is 0.361. The molecule has 0 fully saturated rings. The molecular formula is C6H13NOS2. The molecule has 0 spiro atoms. The minimum absolute atomic E-state index is 0.141. The molecule has 0 atom stereocenters. The van der Waals surface area contributed by atoms with Crippen molar-refractivity contribution in [2.75, 3.05) is 12.8 Å². The van der Waals surface area contributed by atoms with E-state index in [2.05, 4.69) is 17.9 Å². The summed E-state index contributed by atoms with van der Waals surface area (Å²) in [6, 6.07) is 0. The Labute approximate surface area is 71.6 Å². The van der Waals surface area contributed by atoms with Crippen molar-refractivity contribution in [2.45, 2.75) is 18.7 Å². The van der Waals surface area contributed by atoms with Crippen molar-refractivity contribution in [3.63, 3.8) is 0 Å². The minimum atomic E-state index is -0.259. The largest absolute Gasteiger partial charge is 0.296 e. The molecule has 0 heterocycles. The van der Waals surface area contributed by atoms with Crippen molar-refractivity contribution >= 4 is 29.5 Å². The highest BCUT2D eigenvalue weighted by Gasteiger charge is 2.10. The van der Waals surface area contributed by atoms with Crippen LogP contribution in [0.25, 0.3) is 0 Å². The van der Waals surface area contributed by atoms with Crippen LogP contribution in [0.5, 0.6) is 0 Å². The molecule has 0 aromatic rings. The van der Waals surface area contributed by atoms with Crippen molar-refractivity contribution in [2.24, 2.45) is 0 Å². The zero-order valence-corrected chi connectivity index (χ0v) is 8.18. The van der Waals surface area contributed by atoms with Gasteiger partial charge < -0.3 is 0 Å². The SMILES string of the molecule is CSC(=O)CNC(C)(C)S. The summed E-state index contributed by atoms with van der Waals surface area (Å²) in [6.07, 6.45) is 1.77. The van der Waals surface area contributed by atoms with Crippen molar-refractivity contribution in [3.05, 3.63) is 0 Å². The normalized spacial score (nSPS) is 11.6. The summed E-state index contributed by atoms with van der Waals surface area (Å²) in [5.41, 5.74) is 0. The Morgan fingerprint density at radius 1 is 1.70 bits per heavy atom. The molecule has 1 N–H and O–H groups in total. The molecule has 0 saturated carbocycles. The fraction of sp³-hybridized carbons (Fsp3) is 0.833. The number of thioether (sulfide) groups is 1. The zero-order chi connectivity index (χ0) is 8.20. The number of carbonyl (C=O) groups is 1. The van der Waals surface area contributed by atoms with Crippen LogP contribution in [-0.4, -0.2) is 22.8 Å². The van der Waals surface area contributed by atoms with Gasteiger partial charge in [0.1, 0.15) is 0 Å². The van der Waals surface area contributed by atoms with Gasteiger partial charge in [0, 0.05) is 0 Å². The third-order valence-corrected chi connectivity index (χ3v) is 1.65. The Kier molecular flexibility index (Phi) is 4.40. The van der Waals surface area contributed by atoms with Gasteiger partial charge in [-0.1, -0.05) is 11.8 Å². The predicted molar refractivity (Wildman–Crippen MR) is 49.6 cm³/mol. The van der Waals surface area contributed by atoms with E-state index in [4.69, 9.17) is 0 Å². The lowest BCUT2D eigenvalue weighted by Gasteiger charge is -2.18. The lowest BCUT2D eigenvalue weighted by atomic mass is 10.4. The quantitative estimate of drug-likeness (QED) is 0.503. The Hall–Kier alpha value is 0.330. The van der Waals surface area contributed by atoms with Crippen molar-refractivity contribution in [1.82, 2.24) is 5.32 Å². The summed E-state index contributed by atoms with van der Waals surface area (Å²) < 4.78 is 0. The van der Waals surface area contributed by atoms with E-state index >= 15 is 0 Å². The monoisotopic (exact) mass is 179 g/mol. The van der Waals surface area contributed by atoms with Crippen LogP contribution in [0.15, 0.2) is 0 Å². The summed E-state index contributed by atoms with van der Waals surface area (Å²) >= 11 is 5.43. The molecule has 10 heavy (non-hydrogen) atoms. The van der Waals surface area contributed by atoms with Gasteiger partial charge in [0.15, 0.2) is 0 Å². The lowest BCUT2D eigenvalue weighted by Crippen LogP contribution is -2.36. The predicted octanol–water partition coefficient (Wildman–Crippen LogP) is 1.13. The summed E-state index contributed by atoms with van der Waals surface area (Å²) in [4.78, 5) is 10.5. The zero-order valence-electron chi connectivity index (χ0n) is 6.47. The van der Waals surface area contributed by atoms with E-state index in [1.54, 1.807) is 6.26 Å². The average molecular weight is 179 g/mol. The van der Waals surface area contributed by atoms with Crippen LogP contribution in [0.3, 0.4) is 0 Å². The van der Waals surface area contributed by atoms with E-state index in [9.17, 15) is 4.79 Å². The molecule has 0 amide bonds.